The number of piperazine rings is 1. The molecule has 8 heteroatoms. The molecule has 2 aromatic rings. The van der Waals surface area contributed by atoms with Crippen molar-refractivity contribution in [1.29, 1.82) is 0 Å². The van der Waals surface area contributed by atoms with Gasteiger partial charge in [-0.2, -0.15) is 0 Å². The molecule has 2 heterocycles. The first-order valence-corrected chi connectivity index (χ1v) is 11.0. The molecule has 1 unspecified atom stereocenters. The first-order valence-electron chi connectivity index (χ1n) is 11.0. The molecule has 2 aliphatic heterocycles. The fourth-order valence-electron chi connectivity index (χ4n) is 4.24. The van der Waals surface area contributed by atoms with E-state index in [2.05, 4.69) is 50.9 Å². The van der Waals surface area contributed by atoms with Gasteiger partial charge in [0.2, 0.25) is 0 Å². The number of nitrogens with two attached hydrogens (primary N) is 1. The van der Waals surface area contributed by atoms with Crippen molar-refractivity contribution in [2.75, 3.05) is 50.8 Å². The van der Waals surface area contributed by atoms with Crippen LogP contribution in [0.2, 0.25) is 0 Å². The van der Waals surface area contributed by atoms with Gasteiger partial charge in [0.1, 0.15) is 5.82 Å². The lowest BCUT2D eigenvalue weighted by atomic mass is 10.1. The summed E-state index contributed by atoms with van der Waals surface area (Å²) in [7, 11) is 0. The van der Waals surface area contributed by atoms with E-state index in [0.717, 1.165) is 58.1 Å². The van der Waals surface area contributed by atoms with E-state index in [-0.39, 0.29) is 29.8 Å². The molecule has 1 atom stereocenters. The highest BCUT2D eigenvalue weighted by molar-refractivity contribution is 14.0. The van der Waals surface area contributed by atoms with Gasteiger partial charge in [0, 0.05) is 51.5 Å². The predicted octanol–water partition coefficient (Wildman–Crippen LogP) is 3.30. The van der Waals surface area contributed by atoms with E-state index in [1.807, 2.05) is 12.1 Å². The number of guanidine groups is 1. The second-order valence-electron chi connectivity index (χ2n) is 8.36. The van der Waals surface area contributed by atoms with E-state index in [1.54, 1.807) is 0 Å². The minimum Gasteiger partial charge on any atom is -0.376 e. The van der Waals surface area contributed by atoms with Gasteiger partial charge in [-0.1, -0.05) is 24.3 Å². The third-order valence-electron chi connectivity index (χ3n) is 5.94. The minimum absolute atomic E-state index is 0. The number of rotatable bonds is 5. The fourth-order valence-corrected chi connectivity index (χ4v) is 4.24. The molecule has 6 nitrogen and oxygen atoms in total. The van der Waals surface area contributed by atoms with Crippen molar-refractivity contribution < 1.29 is 9.13 Å². The normalized spacial score (nSPS) is 20.2. The van der Waals surface area contributed by atoms with Crippen LogP contribution in [-0.2, 0) is 17.8 Å². The Morgan fingerprint density at radius 3 is 2.50 bits per heavy atom. The number of halogens is 2. The Balaban J connectivity index is 0.00000289. The van der Waals surface area contributed by atoms with Gasteiger partial charge in [-0.25, -0.2) is 9.38 Å². The van der Waals surface area contributed by atoms with E-state index in [4.69, 9.17) is 10.5 Å². The van der Waals surface area contributed by atoms with Crippen molar-refractivity contribution in [3.05, 3.63) is 65.5 Å². The number of benzene rings is 2. The van der Waals surface area contributed by atoms with Crippen LogP contribution in [0.4, 0.5) is 10.1 Å². The number of hydrogen-bond donors (Lipinski definition) is 1. The van der Waals surface area contributed by atoms with Gasteiger partial charge in [-0.05, 0) is 42.3 Å². The summed E-state index contributed by atoms with van der Waals surface area (Å²) in [5, 5.41) is 0. The van der Waals surface area contributed by atoms with Gasteiger partial charge in [-0.3, -0.25) is 4.90 Å². The Labute approximate surface area is 207 Å². The largest absolute Gasteiger partial charge is 0.376 e. The maximum absolute atomic E-state index is 13.1. The van der Waals surface area contributed by atoms with Gasteiger partial charge in [0.25, 0.3) is 0 Å². The first kappa shape index (κ1) is 24.7. The van der Waals surface area contributed by atoms with E-state index >= 15 is 0 Å². The van der Waals surface area contributed by atoms with Crippen LogP contribution < -0.4 is 10.6 Å². The number of ether oxygens (including phenoxy) is 1. The Hall–Kier alpha value is -1.91. The van der Waals surface area contributed by atoms with Crippen LogP contribution in [-0.4, -0.2) is 67.7 Å². The maximum Gasteiger partial charge on any atom is 0.191 e. The molecule has 0 spiro atoms. The molecule has 0 aromatic heterocycles. The van der Waals surface area contributed by atoms with Crippen LogP contribution in [0, 0.1) is 5.82 Å². The van der Waals surface area contributed by atoms with E-state index in [9.17, 15) is 4.39 Å². The predicted molar refractivity (Wildman–Crippen MR) is 138 cm³/mol. The molecule has 2 N–H and O–H groups in total. The molecule has 0 bridgehead atoms. The number of nitrogens with zero attached hydrogens (tertiary/aromatic N) is 4. The summed E-state index contributed by atoms with van der Waals surface area (Å²) in [6, 6.07) is 15.3. The Bertz CT molecular complexity index is 886. The maximum atomic E-state index is 13.1. The molecule has 2 saturated heterocycles. The van der Waals surface area contributed by atoms with E-state index < -0.39 is 0 Å². The van der Waals surface area contributed by atoms with Crippen molar-refractivity contribution >= 4 is 35.6 Å². The molecule has 0 saturated carbocycles. The molecule has 4 rings (SSSR count). The topological polar surface area (TPSA) is 57.3 Å². The fraction of sp³-hybridized carbons (Fsp3) is 0.458. The van der Waals surface area contributed by atoms with Crippen LogP contribution in [0.3, 0.4) is 0 Å². The molecule has 2 aromatic carbocycles. The molecule has 2 fully saturated rings. The van der Waals surface area contributed by atoms with Crippen molar-refractivity contribution in [2.24, 2.45) is 10.7 Å². The molecule has 2 aliphatic rings. The highest BCUT2D eigenvalue weighted by Crippen LogP contribution is 2.17. The van der Waals surface area contributed by atoms with E-state index in [1.165, 1.54) is 23.3 Å². The second-order valence-corrected chi connectivity index (χ2v) is 8.36. The van der Waals surface area contributed by atoms with E-state index in [0.29, 0.717) is 18.6 Å². The molecular formula is C24H33FIN5O. The van der Waals surface area contributed by atoms with Gasteiger partial charge in [0.15, 0.2) is 5.96 Å². The second kappa shape index (κ2) is 11.8. The summed E-state index contributed by atoms with van der Waals surface area (Å²) in [4.78, 5) is 11.5. The van der Waals surface area contributed by atoms with Crippen LogP contribution in [0.1, 0.15) is 18.1 Å². The molecular weight excluding hydrogens is 520 g/mol. The molecule has 0 aliphatic carbocycles. The lowest BCUT2D eigenvalue weighted by Crippen LogP contribution is -2.51. The van der Waals surface area contributed by atoms with Crippen molar-refractivity contribution in [3.63, 3.8) is 0 Å². The quantitative estimate of drug-likeness (QED) is 0.350. The minimum atomic E-state index is -0.206. The number of anilines is 1. The monoisotopic (exact) mass is 553 g/mol. The third kappa shape index (κ3) is 6.79. The highest BCUT2D eigenvalue weighted by atomic mass is 127. The zero-order valence-electron chi connectivity index (χ0n) is 18.6. The SMILES string of the molecule is CC1CN(Cc2cccc(CN=C(N)N3CCN(c4ccc(F)cc4)CC3)c2)CCO1.I. The van der Waals surface area contributed by atoms with Gasteiger partial charge in [0.05, 0.1) is 19.3 Å². The summed E-state index contributed by atoms with van der Waals surface area (Å²) in [5.74, 6) is 0.383. The first-order chi connectivity index (χ1) is 15.1. The summed E-state index contributed by atoms with van der Waals surface area (Å²) in [6.45, 7) is 9.69. The zero-order valence-corrected chi connectivity index (χ0v) is 21.0. The van der Waals surface area contributed by atoms with Crippen molar-refractivity contribution in [3.8, 4) is 0 Å². The van der Waals surface area contributed by atoms with Gasteiger partial charge >= 0.3 is 0 Å². The molecule has 174 valence electrons. The average Bonchev–Trinajstić information content (AvgIpc) is 2.78. The number of morpholine rings is 1. The van der Waals surface area contributed by atoms with Crippen LogP contribution in [0.5, 0.6) is 0 Å². The van der Waals surface area contributed by atoms with Crippen LogP contribution in [0.15, 0.2) is 53.5 Å². The zero-order chi connectivity index (χ0) is 21.6. The molecule has 0 radical (unpaired) electrons. The standard InChI is InChI=1S/C24H32FN5O.HI/c1-19-17-28(13-14-31-19)18-21-4-2-3-20(15-21)16-27-24(26)30-11-9-29(10-12-30)23-7-5-22(25)6-8-23;/h2-8,15,19H,9-14,16-18H2,1H3,(H2,26,27);1H. The highest BCUT2D eigenvalue weighted by Gasteiger charge is 2.19. The smallest absolute Gasteiger partial charge is 0.191 e. The number of hydrogen-bond acceptors (Lipinski definition) is 4. The Kier molecular flexibility index (Phi) is 9.12. The summed E-state index contributed by atoms with van der Waals surface area (Å²) < 4.78 is 18.8. The summed E-state index contributed by atoms with van der Waals surface area (Å²) in [5.41, 5.74) is 9.81. The lowest BCUT2D eigenvalue weighted by Gasteiger charge is -2.36. The lowest BCUT2D eigenvalue weighted by molar-refractivity contribution is -0.0212. The average molecular weight is 553 g/mol. The summed E-state index contributed by atoms with van der Waals surface area (Å²) >= 11 is 0. The Morgan fingerprint density at radius 1 is 1.06 bits per heavy atom. The Morgan fingerprint density at radius 2 is 1.78 bits per heavy atom. The van der Waals surface area contributed by atoms with Crippen molar-refractivity contribution in [2.45, 2.75) is 26.1 Å². The third-order valence-corrected chi connectivity index (χ3v) is 5.94. The number of aliphatic imine (C=N–C) groups is 1. The molecule has 32 heavy (non-hydrogen) atoms. The van der Waals surface area contributed by atoms with Gasteiger partial charge in [-0.15, -0.1) is 24.0 Å². The van der Waals surface area contributed by atoms with Gasteiger partial charge < -0.3 is 20.3 Å². The summed E-state index contributed by atoms with van der Waals surface area (Å²) in [6.07, 6.45) is 0.296. The van der Waals surface area contributed by atoms with Crippen LogP contribution in [0.25, 0.3) is 0 Å². The molecule has 0 amide bonds. The van der Waals surface area contributed by atoms with Crippen LogP contribution >= 0.6 is 24.0 Å². The van der Waals surface area contributed by atoms with Crippen molar-refractivity contribution in [1.82, 2.24) is 9.80 Å².